The van der Waals surface area contributed by atoms with Crippen molar-refractivity contribution in [1.29, 1.82) is 0 Å². The number of likely N-dealkylation sites (tertiary alicyclic amines) is 1. The molecule has 1 atom stereocenters. The lowest BCUT2D eigenvalue weighted by atomic mass is 9.97. The van der Waals surface area contributed by atoms with Gasteiger partial charge in [-0.25, -0.2) is 0 Å². The van der Waals surface area contributed by atoms with Crippen LogP contribution in [0.25, 0.3) is 0 Å². The number of methoxy groups -OCH3 is 1. The van der Waals surface area contributed by atoms with Crippen LogP contribution in [-0.4, -0.2) is 41.1 Å². The number of ether oxygens (including phenoxy) is 1. The monoisotopic (exact) mass is 343 g/mol. The van der Waals surface area contributed by atoms with Gasteiger partial charge in [0.1, 0.15) is 5.75 Å². The number of aromatic nitrogens is 2. The molecule has 0 aliphatic carbocycles. The molecule has 1 fully saturated rings. The summed E-state index contributed by atoms with van der Waals surface area (Å²) in [6.07, 6.45) is 4.94. The minimum Gasteiger partial charge on any atom is -0.497 e. The highest BCUT2D eigenvalue weighted by atomic mass is 16.5. The molecule has 0 saturated carbocycles. The predicted octanol–water partition coefficient (Wildman–Crippen LogP) is 3.44. The maximum atomic E-state index is 12.7. The molecule has 0 spiro atoms. The van der Waals surface area contributed by atoms with Crippen LogP contribution in [0.15, 0.2) is 28.8 Å². The molecule has 1 aromatic heterocycles. The van der Waals surface area contributed by atoms with Crippen LogP contribution in [0.3, 0.4) is 0 Å². The third-order valence-corrected chi connectivity index (χ3v) is 4.63. The highest BCUT2D eigenvalue weighted by Crippen LogP contribution is 2.27. The summed E-state index contributed by atoms with van der Waals surface area (Å²) in [5, 5.41) is 4.07. The zero-order chi connectivity index (χ0) is 17.6. The van der Waals surface area contributed by atoms with Gasteiger partial charge in [-0.3, -0.25) is 4.79 Å². The molecule has 0 unspecified atom stereocenters. The Morgan fingerprint density at radius 3 is 2.88 bits per heavy atom. The number of hydrogen-bond acceptors (Lipinski definition) is 5. The second-order valence-corrected chi connectivity index (χ2v) is 6.47. The van der Waals surface area contributed by atoms with Crippen LogP contribution in [-0.2, 0) is 6.42 Å². The van der Waals surface area contributed by atoms with E-state index < -0.39 is 0 Å². The average molecular weight is 343 g/mol. The molecule has 1 aliphatic heterocycles. The zero-order valence-corrected chi connectivity index (χ0v) is 14.9. The molecule has 1 saturated heterocycles. The van der Waals surface area contributed by atoms with Gasteiger partial charge in [-0.1, -0.05) is 18.5 Å². The normalized spacial score (nSPS) is 17.5. The Hall–Kier alpha value is -2.37. The fourth-order valence-corrected chi connectivity index (χ4v) is 3.15. The number of aryl methyl sites for hydroxylation is 1. The summed E-state index contributed by atoms with van der Waals surface area (Å²) in [7, 11) is 1.62. The number of unbranched alkanes of at least 4 members (excludes halogenated alkanes) is 1. The van der Waals surface area contributed by atoms with Crippen molar-refractivity contribution >= 4 is 5.91 Å². The van der Waals surface area contributed by atoms with E-state index in [1.165, 1.54) is 0 Å². The van der Waals surface area contributed by atoms with Crippen molar-refractivity contribution in [2.75, 3.05) is 20.2 Å². The Balaban J connectivity index is 1.65. The number of benzene rings is 1. The van der Waals surface area contributed by atoms with Gasteiger partial charge in [0.25, 0.3) is 5.91 Å². The van der Waals surface area contributed by atoms with Crippen LogP contribution >= 0.6 is 0 Å². The van der Waals surface area contributed by atoms with E-state index in [9.17, 15) is 4.79 Å². The van der Waals surface area contributed by atoms with Gasteiger partial charge in [0.05, 0.1) is 13.0 Å². The fourth-order valence-electron chi connectivity index (χ4n) is 3.15. The second kappa shape index (κ2) is 8.14. The summed E-state index contributed by atoms with van der Waals surface area (Å²) in [6, 6.07) is 7.24. The molecule has 0 N–H and O–H groups in total. The van der Waals surface area contributed by atoms with E-state index in [1.54, 1.807) is 19.2 Å². The number of piperidine rings is 1. The molecule has 1 aromatic carbocycles. The third kappa shape index (κ3) is 4.18. The van der Waals surface area contributed by atoms with E-state index >= 15 is 0 Å². The number of carbonyl (C=O) groups is 1. The highest BCUT2D eigenvalue weighted by molar-refractivity contribution is 5.94. The number of nitrogens with zero attached hydrogens (tertiary/aromatic N) is 3. The predicted molar refractivity (Wildman–Crippen MR) is 93.8 cm³/mol. The quantitative estimate of drug-likeness (QED) is 0.803. The van der Waals surface area contributed by atoms with E-state index in [0.29, 0.717) is 18.0 Å². The molecule has 3 rings (SSSR count). The first-order chi connectivity index (χ1) is 12.2. The number of amides is 1. The maximum absolute atomic E-state index is 12.7. The first-order valence-corrected chi connectivity index (χ1v) is 8.97. The lowest BCUT2D eigenvalue weighted by molar-refractivity contribution is 0.0695. The van der Waals surface area contributed by atoms with E-state index in [0.717, 1.165) is 50.2 Å². The first-order valence-electron chi connectivity index (χ1n) is 8.97. The van der Waals surface area contributed by atoms with Gasteiger partial charge in [0.2, 0.25) is 5.89 Å². The molecule has 1 aliphatic rings. The molecule has 2 aromatic rings. The maximum Gasteiger partial charge on any atom is 0.253 e. The fraction of sp³-hybridized carbons (Fsp3) is 0.526. The van der Waals surface area contributed by atoms with Crippen molar-refractivity contribution < 1.29 is 14.1 Å². The molecule has 134 valence electrons. The minimum atomic E-state index is 0.0399. The van der Waals surface area contributed by atoms with Gasteiger partial charge in [0.15, 0.2) is 5.82 Å². The van der Waals surface area contributed by atoms with Crippen LogP contribution in [0, 0.1) is 0 Å². The van der Waals surface area contributed by atoms with Gasteiger partial charge in [-0.05, 0) is 43.5 Å². The van der Waals surface area contributed by atoms with E-state index in [-0.39, 0.29) is 11.8 Å². The topological polar surface area (TPSA) is 68.5 Å². The van der Waals surface area contributed by atoms with E-state index in [2.05, 4.69) is 17.1 Å². The lowest BCUT2D eigenvalue weighted by Gasteiger charge is -2.31. The first kappa shape index (κ1) is 17.5. The second-order valence-electron chi connectivity index (χ2n) is 6.47. The van der Waals surface area contributed by atoms with Gasteiger partial charge in [-0.15, -0.1) is 0 Å². The molecule has 6 nitrogen and oxygen atoms in total. The molecule has 0 bridgehead atoms. The van der Waals surface area contributed by atoms with Crippen molar-refractivity contribution in [3.05, 3.63) is 41.5 Å². The Kier molecular flexibility index (Phi) is 5.68. The zero-order valence-electron chi connectivity index (χ0n) is 14.9. The van der Waals surface area contributed by atoms with Gasteiger partial charge in [-0.2, -0.15) is 4.98 Å². The molecule has 25 heavy (non-hydrogen) atoms. The molecular formula is C19H25N3O3. The van der Waals surface area contributed by atoms with Gasteiger partial charge >= 0.3 is 0 Å². The van der Waals surface area contributed by atoms with Crippen LogP contribution in [0.1, 0.15) is 60.6 Å². The molecule has 6 heteroatoms. The third-order valence-electron chi connectivity index (χ3n) is 4.63. The van der Waals surface area contributed by atoms with E-state index in [1.807, 2.05) is 17.0 Å². The van der Waals surface area contributed by atoms with E-state index in [4.69, 9.17) is 9.26 Å². The minimum absolute atomic E-state index is 0.0399. The number of hydrogen-bond donors (Lipinski definition) is 0. The molecular weight excluding hydrogens is 318 g/mol. The molecule has 0 radical (unpaired) electrons. The smallest absolute Gasteiger partial charge is 0.253 e. The lowest BCUT2D eigenvalue weighted by Crippen LogP contribution is -2.39. The van der Waals surface area contributed by atoms with Crippen LogP contribution in [0.4, 0.5) is 0 Å². The summed E-state index contributed by atoms with van der Waals surface area (Å²) in [4.78, 5) is 19.2. The summed E-state index contributed by atoms with van der Waals surface area (Å²) in [6.45, 7) is 3.53. The summed E-state index contributed by atoms with van der Waals surface area (Å²) < 4.78 is 10.6. The Morgan fingerprint density at radius 2 is 2.16 bits per heavy atom. The Morgan fingerprint density at radius 1 is 1.36 bits per heavy atom. The number of rotatable bonds is 6. The van der Waals surface area contributed by atoms with Crippen molar-refractivity contribution in [3.63, 3.8) is 0 Å². The summed E-state index contributed by atoms with van der Waals surface area (Å²) in [5.74, 6) is 2.35. The Labute approximate surface area is 148 Å². The van der Waals surface area contributed by atoms with Crippen molar-refractivity contribution in [2.45, 2.75) is 44.9 Å². The van der Waals surface area contributed by atoms with Crippen molar-refractivity contribution in [2.24, 2.45) is 0 Å². The summed E-state index contributed by atoms with van der Waals surface area (Å²) in [5.41, 5.74) is 0.676. The molecule has 1 amide bonds. The standard InChI is InChI=1S/C19H25N3O3/c1-3-4-7-17-20-18(25-21-17)15-6-5-12-22(13-15)19(23)14-8-10-16(24-2)11-9-14/h8-11,15H,3-7,12-13H2,1-2H3/t15-/m1/s1. The summed E-state index contributed by atoms with van der Waals surface area (Å²) >= 11 is 0. The largest absolute Gasteiger partial charge is 0.497 e. The van der Waals surface area contributed by atoms with Crippen molar-refractivity contribution in [1.82, 2.24) is 15.0 Å². The SMILES string of the molecule is CCCCc1noc([C@@H]2CCCN(C(=O)c3ccc(OC)cc3)C2)n1. The van der Waals surface area contributed by atoms with Crippen molar-refractivity contribution in [3.8, 4) is 5.75 Å². The molecule has 2 heterocycles. The van der Waals surface area contributed by atoms with Gasteiger partial charge < -0.3 is 14.2 Å². The average Bonchev–Trinajstić information content (AvgIpc) is 3.15. The Bertz CT molecular complexity index is 696. The highest BCUT2D eigenvalue weighted by Gasteiger charge is 2.29. The van der Waals surface area contributed by atoms with Crippen LogP contribution < -0.4 is 4.74 Å². The number of carbonyl (C=O) groups excluding carboxylic acids is 1. The van der Waals surface area contributed by atoms with Crippen LogP contribution in [0.2, 0.25) is 0 Å². The van der Waals surface area contributed by atoms with Gasteiger partial charge in [0, 0.05) is 25.1 Å². The van der Waals surface area contributed by atoms with Crippen LogP contribution in [0.5, 0.6) is 5.75 Å².